The van der Waals surface area contributed by atoms with E-state index in [1.165, 1.54) is 0 Å². The minimum atomic E-state index is -0.954. The van der Waals surface area contributed by atoms with E-state index >= 15 is 0 Å². The van der Waals surface area contributed by atoms with Crippen LogP contribution in [0.15, 0.2) is 48.7 Å². The molecule has 1 atom stereocenters. The van der Waals surface area contributed by atoms with Gasteiger partial charge in [-0.2, -0.15) is 0 Å². The van der Waals surface area contributed by atoms with Crippen molar-refractivity contribution in [2.24, 2.45) is 0 Å². The number of amides is 1. The lowest BCUT2D eigenvalue weighted by atomic mass is 10.0. The Morgan fingerprint density at radius 1 is 1.03 bits per heavy atom. The molecule has 2 aromatic carbocycles. The number of hydrogen-bond acceptors (Lipinski definition) is 5. The zero-order valence-electron chi connectivity index (χ0n) is 18.0. The highest BCUT2D eigenvalue weighted by atomic mass is 16.4. The van der Waals surface area contributed by atoms with E-state index in [9.17, 15) is 20.1 Å². The van der Waals surface area contributed by atoms with Gasteiger partial charge in [0.15, 0.2) is 0 Å². The topological polar surface area (TPSA) is 100 Å². The number of aromatic nitrogens is 1. The van der Waals surface area contributed by atoms with E-state index in [2.05, 4.69) is 17.1 Å². The molecule has 0 radical (unpaired) electrons. The van der Waals surface area contributed by atoms with E-state index in [-0.39, 0.29) is 12.5 Å². The number of carbonyl (C=O) groups is 1. The molecule has 1 amide bonds. The quantitative estimate of drug-likeness (QED) is 0.474. The Morgan fingerprint density at radius 2 is 1.72 bits per heavy atom. The molecule has 1 saturated heterocycles. The second-order valence-electron chi connectivity index (χ2n) is 8.93. The molecule has 4 N–H and O–H groups in total. The fraction of sp³-hybridized carbons (Fsp3) is 0.400. The van der Waals surface area contributed by atoms with Crippen molar-refractivity contribution in [2.45, 2.75) is 31.1 Å². The van der Waals surface area contributed by atoms with Gasteiger partial charge in [0.25, 0.3) is 5.91 Å². The van der Waals surface area contributed by atoms with E-state index in [4.69, 9.17) is 0 Å². The number of aliphatic hydroxyl groups excluding tert-OH is 2. The third kappa shape index (κ3) is 3.93. The molecular weight excluding hydrogens is 406 g/mol. The highest BCUT2D eigenvalue weighted by Crippen LogP contribution is 2.39. The monoisotopic (exact) mass is 435 g/mol. The number of aromatic amines is 1. The number of aliphatic hydroxyl groups is 3. The maximum atomic E-state index is 13.0. The Balaban J connectivity index is 1.26. The third-order valence-corrected chi connectivity index (χ3v) is 6.80. The first-order valence-electron chi connectivity index (χ1n) is 11.2. The molecule has 0 bridgehead atoms. The molecule has 1 unspecified atom stereocenters. The Labute approximate surface area is 186 Å². The van der Waals surface area contributed by atoms with Crippen molar-refractivity contribution in [3.8, 4) is 11.1 Å². The number of rotatable bonds is 6. The van der Waals surface area contributed by atoms with Gasteiger partial charge in [-0.15, -0.1) is 0 Å². The van der Waals surface area contributed by atoms with Crippen LogP contribution in [0.3, 0.4) is 0 Å². The van der Waals surface area contributed by atoms with Gasteiger partial charge < -0.3 is 25.2 Å². The van der Waals surface area contributed by atoms with Gasteiger partial charge in [0, 0.05) is 55.4 Å². The molecule has 7 nitrogen and oxygen atoms in total. The SMILES string of the molecule is O=C(c1ccc(-c2ccc3[nH]cc(CCO)c3c2)cc1)N1CCN(C(O)C2(O)CC2)CC1. The molecule has 2 fully saturated rings. The van der Waals surface area contributed by atoms with Crippen molar-refractivity contribution in [1.82, 2.24) is 14.8 Å². The van der Waals surface area contributed by atoms with Crippen LogP contribution in [-0.4, -0.2) is 80.6 Å². The molecule has 5 rings (SSSR count). The van der Waals surface area contributed by atoms with E-state index < -0.39 is 11.8 Å². The standard InChI is InChI=1S/C25H29N3O4/c29-14-7-20-16-26-22-6-5-19(15-21(20)22)17-1-3-18(4-2-17)23(30)27-10-12-28(13-11-27)24(31)25(32)8-9-25/h1-6,15-16,24,26,29,31-32H,7-14H2. The second kappa shape index (κ2) is 8.33. The zero-order valence-corrected chi connectivity index (χ0v) is 18.0. The number of carbonyl (C=O) groups excluding carboxylic acids is 1. The van der Waals surface area contributed by atoms with Crippen LogP contribution in [0.2, 0.25) is 0 Å². The Kier molecular flexibility index (Phi) is 5.51. The van der Waals surface area contributed by atoms with E-state index in [1.807, 2.05) is 46.3 Å². The van der Waals surface area contributed by atoms with Crippen molar-refractivity contribution in [1.29, 1.82) is 0 Å². The van der Waals surface area contributed by atoms with Crippen LogP contribution < -0.4 is 0 Å². The maximum absolute atomic E-state index is 13.0. The summed E-state index contributed by atoms with van der Waals surface area (Å²) in [6, 6.07) is 13.9. The number of hydrogen-bond donors (Lipinski definition) is 4. The summed E-state index contributed by atoms with van der Waals surface area (Å²) in [6.07, 6.45) is 2.99. The minimum absolute atomic E-state index is 0.0119. The first-order chi connectivity index (χ1) is 15.5. The van der Waals surface area contributed by atoms with Crippen LogP contribution in [0.1, 0.15) is 28.8 Å². The maximum Gasteiger partial charge on any atom is 0.253 e. The van der Waals surface area contributed by atoms with Gasteiger partial charge in [0.1, 0.15) is 11.8 Å². The molecule has 32 heavy (non-hydrogen) atoms. The number of benzene rings is 2. The van der Waals surface area contributed by atoms with Gasteiger partial charge >= 0.3 is 0 Å². The van der Waals surface area contributed by atoms with Crippen LogP contribution in [0, 0.1) is 0 Å². The first-order valence-corrected chi connectivity index (χ1v) is 11.2. The summed E-state index contributed by atoms with van der Waals surface area (Å²) in [7, 11) is 0. The number of fused-ring (bicyclic) bond motifs is 1. The fourth-order valence-electron chi connectivity index (χ4n) is 4.57. The molecule has 168 valence electrons. The Morgan fingerprint density at radius 3 is 2.38 bits per heavy atom. The van der Waals surface area contributed by atoms with E-state index in [1.54, 1.807) is 0 Å². The minimum Gasteiger partial charge on any atom is -0.396 e. The molecule has 1 saturated carbocycles. The molecule has 1 aromatic heterocycles. The second-order valence-corrected chi connectivity index (χ2v) is 8.93. The summed E-state index contributed by atoms with van der Waals surface area (Å²) in [6.45, 7) is 2.29. The average Bonchev–Trinajstić information content (AvgIpc) is 3.47. The molecule has 2 heterocycles. The molecule has 3 aromatic rings. The molecule has 1 aliphatic carbocycles. The zero-order chi connectivity index (χ0) is 22.3. The number of nitrogens with one attached hydrogen (secondary N) is 1. The summed E-state index contributed by atoms with van der Waals surface area (Å²) < 4.78 is 0. The van der Waals surface area contributed by atoms with Crippen molar-refractivity contribution < 1.29 is 20.1 Å². The largest absolute Gasteiger partial charge is 0.396 e. The predicted molar refractivity (Wildman–Crippen MR) is 122 cm³/mol. The van der Waals surface area contributed by atoms with Gasteiger partial charge in [0.05, 0.1) is 0 Å². The highest BCUT2D eigenvalue weighted by Gasteiger charge is 2.50. The van der Waals surface area contributed by atoms with E-state index in [0.717, 1.165) is 27.6 Å². The molecular formula is C25H29N3O4. The Hall–Kier alpha value is -2.71. The van der Waals surface area contributed by atoms with Crippen LogP contribution in [0.5, 0.6) is 0 Å². The average molecular weight is 436 g/mol. The molecule has 1 aliphatic heterocycles. The van der Waals surface area contributed by atoms with Gasteiger partial charge in [-0.1, -0.05) is 18.2 Å². The molecule has 7 heteroatoms. The lowest BCUT2D eigenvalue weighted by molar-refractivity contribution is -0.108. The van der Waals surface area contributed by atoms with Crippen molar-refractivity contribution in [3.63, 3.8) is 0 Å². The smallest absolute Gasteiger partial charge is 0.253 e. The van der Waals surface area contributed by atoms with Gasteiger partial charge in [-0.25, -0.2) is 0 Å². The normalized spacial score (nSPS) is 19.3. The number of H-pyrrole nitrogens is 1. The third-order valence-electron chi connectivity index (χ3n) is 6.80. The van der Waals surface area contributed by atoms with Crippen LogP contribution in [0.25, 0.3) is 22.0 Å². The number of nitrogens with zero attached hydrogens (tertiary/aromatic N) is 2. The lowest BCUT2D eigenvalue weighted by Crippen LogP contribution is -2.55. The summed E-state index contributed by atoms with van der Waals surface area (Å²) in [5, 5.41) is 30.8. The number of piperazine rings is 1. The predicted octanol–water partition coefficient (Wildman–Crippen LogP) is 1.97. The summed E-state index contributed by atoms with van der Waals surface area (Å²) >= 11 is 0. The summed E-state index contributed by atoms with van der Waals surface area (Å²) in [5.74, 6) is -0.0119. The van der Waals surface area contributed by atoms with Crippen LogP contribution >= 0.6 is 0 Å². The van der Waals surface area contributed by atoms with Gasteiger partial charge in [0.2, 0.25) is 0 Å². The van der Waals surface area contributed by atoms with Gasteiger partial charge in [-0.05, 0) is 60.2 Å². The molecule has 0 spiro atoms. The summed E-state index contributed by atoms with van der Waals surface area (Å²) in [5.41, 5.74) is 3.93. The lowest BCUT2D eigenvalue weighted by Gasteiger charge is -2.38. The van der Waals surface area contributed by atoms with Crippen molar-refractivity contribution >= 4 is 16.8 Å². The van der Waals surface area contributed by atoms with Gasteiger partial charge in [-0.3, -0.25) is 9.69 Å². The highest BCUT2D eigenvalue weighted by molar-refractivity contribution is 5.95. The van der Waals surface area contributed by atoms with Crippen LogP contribution in [-0.2, 0) is 6.42 Å². The molecule has 2 aliphatic rings. The van der Waals surface area contributed by atoms with E-state index in [0.29, 0.717) is 51.0 Å². The van der Waals surface area contributed by atoms with Crippen LogP contribution in [0.4, 0.5) is 0 Å². The Bertz CT molecular complexity index is 1110. The first kappa shape index (κ1) is 21.2. The fourth-order valence-corrected chi connectivity index (χ4v) is 4.57. The van der Waals surface area contributed by atoms with Crippen molar-refractivity contribution in [2.75, 3.05) is 32.8 Å². The summed E-state index contributed by atoms with van der Waals surface area (Å²) in [4.78, 5) is 19.9. The van der Waals surface area contributed by atoms with Crippen molar-refractivity contribution in [3.05, 3.63) is 59.8 Å².